The van der Waals surface area contributed by atoms with E-state index in [9.17, 15) is 20.0 Å². The van der Waals surface area contributed by atoms with Gasteiger partial charge in [-0.1, -0.05) is 74.5 Å². The Hall–Kier alpha value is -3.67. The highest BCUT2D eigenvalue weighted by atomic mass is 16.5. The summed E-state index contributed by atoms with van der Waals surface area (Å²) in [7, 11) is 0. The molecule has 8 nitrogen and oxygen atoms in total. The third-order valence-electron chi connectivity index (χ3n) is 5.22. The molecule has 186 valence electrons. The van der Waals surface area contributed by atoms with Gasteiger partial charge in [-0.05, 0) is 36.5 Å². The summed E-state index contributed by atoms with van der Waals surface area (Å²) in [5, 5.41) is 26.2. The van der Waals surface area contributed by atoms with Gasteiger partial charge in [0, 0.05) is 6.04 Å². The van der Waals surface area contributed by atoms with Crippen molar-refractivity contribution in [3.8, 4) is 6.07 Å². The minimum atomic E-state index is -1.19. The van der Waals surface area contributed by atoms with E-state index in [1.54, 1.807) is 6.92 Å². The number of esters is 1. The zero-order valence-corrected chi connectivity index (χ0v) is 20.3. The van der Waals surface area contributed by atoms with Crippen LogP contribution >= 0.6 is 0 Å². The van der Waals surface area contributed by atoms with E-state index in [2.05, 4.69) is 10.6 Å². The molecule has 0 spiro atoms. The molecule has 1 amide bonds. The summed E-state index contributed by atoms with van der Waals surface area (Å²) in [4.78, 5) is 24.6. The molecule has 2 unspecified atom stereocenters. The topological polar surface area (TPSA) is 121 Å². The summed E-state index contributed by atoms with van der Waals surface area (Å²) < 4.78 is 10.3. The van der Waals surface area contributed by atoms with E-state index < -0.39 is 30.4 Å². The molecular formula is C27H33N3O5. The largest absolute Gasteiger partial charge is 0.462 e. The van der Waals surface area contributed by atoms with Crippen LogP contribution in [-0.4, -0.2) is 42.1 Å². The second-order valence-electron chi connectivity index (χ2n) is 8.30. The maximum atomic E-state index is 12.4. The third kappa shape index (κ3) is 9.61. The van der Waals surface area contributed by atoms with Gasteiger partial charge in [-0.2, -0.15) is 5.26 Å². The lowest BCUT2D eigenvalue weighted by Crippen LogP contribution is -2.55. The van der Waals surface area contributed by atoms with Crippen LogP contribution in [0.1, 0.15) is 31.9 Å². The van der Waals surface area contributed by atoms with Crippen LogP contribution in [0.2, 0.25) is 0 Å². The Balaban J connectivity index is 2.14. The number of nitrogens with one attached hydrogen (secondary N) is 2. The molecule has 2 rings (SSSR count). The first-order valence-corrected chi connectivity index (χ1v) is 11.6. The van der Waals surface area contributed by atoms with Crippen LogP contribution in [0.25, 0.3) is 0 Å². The van der Waals surface area contributed by atoms with Crippen LogP contribution in [0.4, 0.5) is 4.79 Å². The zero-order valence-electron chi connectivity index (χ0n) is 20.3. The normalized spacial score (nSPS) is 13.9. The molecular weight excluding hydrogens is 446 g/mol. The van der Waals surface area contributed by atoms with E-state index in [1.807, 2.05) is 80.6 Å². The predicted octanol–water partition coefficient (Wildman–Crippen LogP) is 3.47. The molecule has 3 N–H and O–H groups in total. The van der Waals surface area contributed by atoms with Gasteiger partial charge in [0.2, 0.25) is 0 Å². The molecule has 2 aromatic carbocycles. The van der Waals surface area contributed by atoms with Crippen LogP contribution < -0.4 is 10.6 Å². The van der Waals surface area contributed by atoms with Crippen LogP contribution in [0.5, 0.6) is 0 Å². The molecule has 8 heteroatoms. The minimum absolute atomic E-state index is 0.103. The molecule has 2 aromatic rings. The van der Waals surface area contributed by atoms with Crippen molar-refractivity contribution < 1.29 is 24.2 Å². The summed E-state index contributed by atoms with van der Waals surface area (Å²) in [6.07, 6.45) is -0.00962. The molecule has 0 aliphatic rings. The van der Waals surface area contributed by atoms with Crippen LogP contribution in [-0.2, 0) is 27.3 Å². The van der Waals surface area contributed by atoms with Crippen LogP contribution in [0.3, 0.4) is 0 Å². The molecule has 0 aliphatic carbocycles. The van der Waals surface area contributed by atoms with Gasteiger partial charge in [-0.3, -0.25) is 5.32 Å². The number of aliphatic hydroxyl groups is 1. The van der Waals surface area contributed by atoms with Crippen molar-refractivity contribution in [1.82, 2.24) is 10.6 Å². The van der Waals surface area contributed by atoms with Gasteiger partial charge in [0.25, 0.3) is 0 Å². The predicted molar refractivity (Wildman–Crippen MR) is 132 cm³/mol. The number of carbonyl (C=O) groups excluding carboxylic acids is 2. The number of nitriles is 1. The van der Waals surface area contributed by atoms with Gasteiger partial charge in [0.1, 0.15) is 24.5 Å². The highest BCUT2D eigenvalue weighted by Gasteiger charge is 2.27. The van der Waals surface area contributed by atoms with Gasteiger partial charge in [-0.15, -0.1) is 0 Å². The first-order chi connectivity index (χ1) is 16.8. The third-order valence-corrected chi connectivity index (χ3v) is 5.22. The smallest absolute Gasteiger partial charge is 0.407 e. The molecule has 0 radical (unpaired) electrons. The van der Waals surface area contributed by atoms with Gasteiger partial charge in [0.05, 0.1) is 12.6 Å². The number of nitrogens with zero attached hydrogens (tertiary/aromatic N) is 1. The fourth-order valence-electron chi connectivity index (χ4n) is 3.43. The van der Waals surface area contributed by atoms with E-state index in [-0.39, 0.29) is 24.7 Å². The Bertz CT molecular complexity index is 1000. The lowest BCUT2D eigenvalue weighted by atomic mass is 9.99. The van der Waals surface area contributed by atoms with Crippen LogP contribution in [0, 0.1) is 17.2 Å². The number of ether oxygens (including phenoxy) is 2. The van der Waals surface area contributed by atoms with Gasteiger partial charge < -0.3 is 19.9 Å². The maximum Gasteiger partial charge on any atom is 0.407 e. The summed E-state index contributed by atoms with van der Waals surface area (Å²) in [6, 6.07) is 19.3. The number of benzene rings is 2. The molecule has 35 heavy (non-hydrogen) atoms. The van der Waals surface area contributed by atoms with Crippen molar-refractivity contribution in [3.05, 3.63) is 83.4 Å². The second-order valence-corrected chi connectivity index (χ2v) is 8.30. The van der Waals surface area contributed by atoms with Crippen molar-refractivity contribution in [2.45, 2.75) is 52.1 Å². The first kappa shape index (κ1) is 27.6. The van der Waals surface area contributed by atoms with E-state index in [1.165, 1.54) is 6.08 Å². The molecule has 0 bridgehead atoms. The quantitative estimate of drug-likeness (QED) is 0.184. The monoisotopic (exact) mass is 479 g/mol. The van der Waals surface area contributed by atoms with Crippen molar-refractivity contribution in [2.75, 3.05) is 6.61 Å². The van der Waals surface area contributed by atoms with E-state index in [0.29, 0.717) is 6.42 Å². The average Bonchev–Trinajstić information content (AvgIpc) is 2.85. The molecule has 0 fully saturated rings. The van der Waals surface area contributed by atoms with E-state index >= 15 is 0 Å². The average molecular weight is 480 g/mol. The van der Waals surface area contributed by atoms with Crippen molar-refractivity contribution >= 4 is 12.1 Å². The summed E-state index contributed by atoms with van der Waals surface area (Å²) in [5.74, 6) is -0.879. The Morgan fingerprint density at radius 1 is 1.03 bits per heavy atom. The number of alkyl carbamates (subject to hydrolysis) is 1. The highest BCUT2D eigenvalue weighted by molar-refractivity contribution is 5.92. The first-order valence-electron chi connectivity index (χ1n) is 11.6. The van der Waals surface area contributed by atoms with Gasteiger partial charge in [-0.25, -0.2) is 9.59 Å². The highest BCUT2D eigenvalue weighted by Crippen LogP contribution is 2.12. The fourth-order valence-corrected chi connectivity index (χ4v) is 3.43. The lowest BCUT2D eigenvalue weighted by Gasteiger charge is -2.30. The second kappa shape index (κ2) is 14.6. The Morgan fingerprint density at radius 3 is 2.17 bits per heavy atom. The number of aliphatic hydroxyl groups excluding tert-OH is 1. The molecule has 0 saturated carbocycles. The SMILES string of the molecule is CCOC(=O)/C(C#N)=C/C(Cc1ccccc1)NC(O)[C@@H](NC(=O)OCc1ccccc1)C(C)C. The Morgan fingerprint density at radius 2 is 1.63 bits per heavy atom. The Kier molecular flexibility index (Phi) is 11.5. The van der Waals surface area contributed by atoms with Crippen molar-refractivity contribution in [3.63, 3.8) is 0 Å². The fraction of sp³-hybridized carbons (Fsp3) is 0.370. The summed E-state index contributed by atoms with van der Waals surface area (Å²) in [5.41, 5.74) is 1.62. The number of hydrogen-bond acceptors (Lipinski definition) is 7. The number of hydrogen-bond donors (Lipinski definition) is 3. The molecule has 0 heterocycles. The molecule has 0 saturated heterocycles. The van der Waals surface area contributed by atoms with Crippen LogP contribution in [0.15, 0.2) is 72.3 Å². The summed E-state index contributed by atoms with van der Waals surface area (Å²) >= 11 is 0. The Labute approximate surface area is 206 Å². The minimum Gasteiger partial charge on any atom is -0.462 e. The maximum absolute atomic E-state index is 12.4. The van der Waals surface area contributed by atoms with Gasteiger partial charge in [0.15, 0.2) is 0 Å². The zero-order chi connectivity index (χ0) is 25.6. The standard InChI is InChI=1S/C27H33N3O5/c1-4-34-26(32)22(17-28)16-23(15-20-11-7-5-8-12-20)29-25(31)24(19(2)3)30-27(33)35-18-21-13-9-6-10-14-21/h5-14,16,19,23-25,29,31H,4,15,18H2,1-3H3,(H,30,33)/b22-16+/t23?,24-,25?/m0/s1. The molecule has 0 aliphatic heterocycles. The number of rotatable bonds is 12. The van der Waals surface area contributed by atoms with Crippen molar-refractivity contribution in [2.24, 2.45) is 5.92 Å². The molecule has 0 aromatic heterocycles. The van der Waals surface area contributed by atoms with Gasteiger partial charge >= 0.3 is 12.1 Å². The van der Waals surface area contributed by atoms with E-state index in [4.69, 9.17) is 9.47 Å². The number of carbonyl (C=O) groups is 2. The van der Waals surface area contributed by atoms with E-state index in [0.717, 1.165) is 11.1 Å². The lowest BCUT2D eigenvalue weighted by molar-refractivity contribution is -0.138. The van der Waals surface area contributed by atoms with Crippen molar-refractivity contribution in [1.29, 1.82) is 5.26 Å². The number of amides is 1. The molecule has 3 atom stereocenters. The summed E-state index contributed by atoms with van der Waals surface area (Å²) in [6.45, 7) is 5.61.